The van der Waals surface area contributed by atoms with Crippen molar-refractivity contribution >= 4 is 23.7 Å². The van der Waals surface area contributed by atoms with E-state index in [4.69, 9.17) is 4.42 Å². The van der Waals surface area contributed by atoms with Crippen molar-refractivity contribution in [3.05, 3.63) is 18.4 Å². The Labute approximate surface area is 137 Å². The average Bonchev–Trinajstić information content (AvgIpc) is 3.01. The van der Waals surface area contributed by atoms with E-state index in [-0.39, 0.29) is 11.9 Å². The van der Waals surface area contributed by atoms with E-state index in [9.17, 15) is 9.59 Å². The van der Waals surface area contributed by atoms with Crippen molar-refractivity contribution in [3.8, 4) is 11.6 Å². The van der Waals surface area contributed by atoms with Crippen LogP contribution in [0.25, 0.3) is 11.6 Å². The molecule has 2 aromatic rings. The molecule has 3 rings (SSSR count). The number of aromatic nitrogens is 3. The maximum atomic E-state index is 12.0. The minimum Gasteiger partial charge on any atom is -0.461 e. The van der Waals surface area contributed by atoms with E-state index in [1.807, 2.05) is 0 Å². The summed E-state index contributed by atoms with van der Waals surface area (Å²) in [6, 6.07) is 3.32. The molecule has 0 bridgehead atoms. The summed E-state index contributed by atoms with van der Waals surface area (Å²) >= 11 is 1.23. The number of carbonyl (C=O) groups excluding carboxylic acids is 2. The Bertz CT molecular complexity index is 708. The SMILES string of the molecule is CC(Sc1nnc(-c2ccco2)n1C)C(=O)NC(=O)NC1CC1. The lowest BCUT2D eigenvalue weighted by atomic mass is 10.4. The molecule has 9 heteroatoms. The summed E-state index contributed by atoms with van der Waals surface area (Å²) in [5, 5.41) is 13.3. The first-order valence-corrected chi connectivity index (χ1v) is 8.14. The predicted octanol–water partition coefficient (Wildman–Crippen LogP) is 1.54. The number of hydrogen-bond acceptors (Lipinski definition) is 6. The summed E-state index contributed by atoms with van der Waals surface area (Å²) < 4.78 is 7.04. The van der Waals surface area contributed by atoms with Crippen LogP contribution in [0.2, 0.25) is 0 Å². The lowest BCUT2D eigenvalue weighted by Gasteiger charge is -2.11. The van der Waals surface area contributed by atoms with E-state index in [1.54, 1.807) is 36.9 Å². The highest BCUT2D eigenvalue weighted by atomic mass is 32.2. The third kappa shape index (κ3) is 3.73. The van der Waals surface area contributed by atoms with E-state index in [1.165, 1.54) is 11.8 Å². The number of thioether (sulfide) groups is 1. The van der Waals surface area contributed by atoms with Crippen molar-refractivity contribution in [1.82, 2.24) is 25.4 Å². The smallest absolute Gasteiger partial charge is 0.321 e. The molecule has 1 atom stereocenters. The van der Waals surface area contributed by atoms with Gasteiger partial charge in [0.15, 0.2) is 16.7 Å². The Morgan fingerprint density at radius 2 is 2.22 bits per heavy atom. The van der Waals surface area contributed by atoms with Gasteiger partial charge in [-0.2, -0.15) is 0 Å². The largest absolute Gasteiger partial charge is 0.461 e. The number of hydrogen-bond donors (Lipinski definition) is 2. The van der Waals surface area contributed by atoms with Crippen LogP contribution in [-0.4, -0.2) is 38.0 Å². The van der Waals surface area contributed by atoms with Gasteiger partial charge in [0.2, 0.25) is 5.91 Å². The standard InChI is InChI=1S/C14H17N5O3S/c1-8(12(20)16-13(21)15-9-5-6-9)23-14-18-17-11(19(14)2)10-4-3-7-22-10/h3-4,7-9H,5-6H2,1-2H3,(H2,15,16,20,21). The number of nitrogens with zero attached hydrogens (tertiary/aromatic N) is 3. The average molecular weight is 335 g/mol. The molecule has 0 aromatic carbocycles. The fraction of sp³-hybridized carbons (Fsp3) is 0.429. The molecule has 1 saturated carbocycles. The highest BCUT2D eigenvalue weighted by Crippen LogP contribution is 2.25. The molecule has 0 radical (unpaired) electrons. The van der Waals surface area contributed by atoms with Crippen molar-refractivity contribution < 1.29 is 14.0 Å². The topological polar surface area (TPSA) is 102 Å². The van der Waals surface area contributed by atoms with Crippen LogP contribution >= 0.6 is 11.8 Å². The number of urea groups is 1. The highest BCUT2D eigenvalue weighted by Gasteiger charge is 2.26. The number of imide groups is 1. The van der Waals surface area contributed by atoms with Crippen LogP contribution in [-0.2, 0) is 11.8 Å². The van der Waals surface area contributed by atoms with Gasteiger partial charge in [-0.25, -0.2) is 4.79 Å². The van der Waals surface area contributed by atoms with Crippen LogP contribution < -0.4 is 10.6 Å². The molecule has 2 heterocycles. The van der Waals surface area contributed by atoms with E-state index in [2.05, 4.69) is 20.8 Å². The number of nitrogens with one attached hydrogen (secondary N) is 2. The molecule has 1 aliphatic carbocycles. The third-order valence-electron chi connectivity index (χ3n) is 3.38. The molecule has 23 heavy (non-hydrogen) atoms. The quantitative estimate of drug-likeness (QED) is 0.804. The van der Waals surface area contributed by atoms with Crippen molar-refractivity contribution in [3.63, 3.8) is 0 Å². The minimum atomic E-state index is -0.479. The zero-order chi connectivity index (χ0) is 16.4. The molecule has 122 valence electrons. The van der Waals surface area contributed by atoms with Gasteiger partial charge in [0.05, 0.1) is 11.5 Å². The van der Waals surface area contributed by atoms with Gasteiger partial charge in [-0.05, 0) is 31.9 Å². The van der Waals surface area contributed by atoms with E-state index >= 15 is 0 Å². The molecule has 0 aliphatic heterocycles. The van der Waals surface area contributed by atoms with Crippen molar-refractivity contribution in [2.75, 3.05) is 0 Å². The highest BCUT2D eigenvalue weighted by molar-refractivity contribution is 8.00. The van der Waals surface area contributed by atoms with Crippen molar-refractivity contribution in [2.24, 2.45) is 7.05 Å². The van der Waals surface area contributed by atoms with Crippen LogP contribution in [0.3, 0.4) is 0 Å². The second-order valence-electron chi connectivity index (χ2n) is 5.34. The molecule has 1 fully saturated rings. The second-order valence-corrected chi connectivity index (χ2v) is 6.65. The minimum absolute atomic E-state index is 0.209. The monoisotopic (exact) mass is 335 g/mol. The van der Waals surface area contributed by atoms with Crippen molar-refractivity contribution in [1.29, 1.82) is 0 Å². The molecule has 2 aromatic heterocycles. The van der Waals surface area contributed by atoms with E-state index in [0.717, 1.165) is 12.8 Å². The Morgan fingerprint density at radius 3 is 2.87 bits per heavy atom. The summed E-state index contributed by atoms with van der Waals surface area (Å²) in [6.07, 6.45) is 3.51. The first-order chi connectivity index (χ1) is 11.0. The van der Waals surface area contributed by atoms with Gasteiger partial charge in [-0.1, -0.05) is 11.8 Å². The number of amides is 3. The number of carbonyl (C=O) groups is 2. The Balaban J connectivity index is 1.60. The van der Waals surface area contributed by atoms with Gasteiger partial charge >= 0.3 is 6.03 Å². The molecule has 1 unspecified atom stereocenters. The van der Waals surface area contributed by atoms with Crippen LogP contribution in [0.4, 0.5) is 4.79 Å². The van der Waals surface area contributed by atoms with Gasteiger partial charge in [-0.15, -0.1) is 10.2 Å². The molecule has 2 N–H and O–H groups in total. The first-order valence-electron chi connectivity index (χ1n) is 7.26. The van der Waals surface area contributed by atoms with Crippen LogP contribution in [0.1, 0.15) is 19.8 Å². The molecule has 0 saturated heterocycles. The summed E-state index contributed by atoms with van der Waals surface area (Å²) in [5.41, 5.74) is 0. The zero-order valence-corrected chi connectivity index (χ0v) is 13.6. The molecular weight excluding hydrogens is 318 g/mol. The summed E-state index contributed by atoms with van der Waals surface area (Å²) in [6.45, 7) is 1.71. The van der Waals surface area contributed by atoms with Crippen LogP contribution in [0, 0.1) is 0 Å². The summed E-state index contributed by atoms with van der Waals surface area (Å²) in [4.78, 5) is 23.6. The summed E-state index contributed by atoms with van der Waals surface area (Å²) in [7, 11) is 1.80. The third-order valence-corrected chi connectivity index (χ3v) is 4.51. The van der Waals surface area contributed by atoms with Crippen molar-refractivity contribution in [2.45, 2.75) is 36.2 Å². The Hall–Kier alpha value is -2.29. The second kappa shape index (κ2) is 6.45. The van der Waals surface area contributed by atoms with Gasteiger partial charge in [0.1, 0.15) is 0 Å². The lowest BCUT2D eigenvalue weighted by molar-refractivity contribution is -0.119. The van der Waals surface area contributed by atoms with Crippen LogP contribution in [0.15, 0.2) is 28.0 Å². The maximum absolute atomic E-state index is 12.0. The Morgan fingerprint density at radius 1 is 1.43 bits per heavy atom. The maximum Gasteiger partial charge on any atom is 0.321 e. The fourth-order valence-corrected chi connectivity index (χ4v) is 2.73. The van der Waals surface area contributed by atoms with Gasteiger partial charge < -0.3 is 14.3 Å². The molecule has 3 amide bonds. The Kier molecular flexibility index (Phi) is 4.37. The molecule has 8 nitrogen and oxygen atoms in total. The number of furan rings is 1. The molecular formula is C14H17N5O3S. The first kappa shape index (κ1) is 15.6. The zero-order valence-electron chi connectivity index (χ0n) is 12.8. The lowest BCUT2D eigenvalue weighted by Crippen LogP contribution is -2.43. The normalized spacial score (nSPS) is 15.2. The van der Waals surface area contributed by atoms with Gasteiger partial charge in [0, 0.05) is 13.1 Å². The molecule has 0 spiro atoms. The van der Waals surface area contributed by atoms with E-state index in [0.29, 0.717) is 16.7 Å². The number of rotatable bonds is 5. The molecule has 1 aliphatic rings. The van der Waals surface area contributed by atoms with E-state index < -0.39 is 11.3 Å². The summed E-state index contributed by atoms with van der Waals surface area (Å²) in [5.74, 6) is 0.819. The van der Waals surface area contributed by atoms with Crippen LogP contribution in [0.5, 0.6) is 0 Å². The fourth-order valence-electron chi connectivity index (χ4n) is 1.91. The van der Waals surface area contributed by atoms with Gasteiger partial charge in [-0.3, -0.25) is 10.1 Å². The predicted molar refractivity (Wildman–Crippen MR) is 83.7 cm³/mol. The van der Waals surface area contributed by atoms with Gasteiger partial charge in [0.25, 0.3) is 0 Å².